The van der Waals surface area contributed by atoms with Gasteiger partial charge in [0, 0.05) is 51.7 Å². The molecule has 3 heterocycles. The summed E-state index contributed by atoms with van der Waals surface area (Å²) in [6.45, 7) is 3.91. The number of benzene rings is 2. The minimum Gasteiger partial charge on any atom is -0.337 e. The molecule has 7 nitrogen and oxygen atoms in total. The molecule has 3 saturated heterocycles. The number of piperidine rings is 1. The number of likely N-dealkylation sites (tertiary alicyclic amines) is 1. The first-order valence-electron chi connectivity index (χ1n) is 14.4. The Bertz CT molecular complexity index is 1380. The van der Waals surface area contributed by atoms with Crippen LogP contribution in [-0.2, 0) is 17.1 Å². The zero-order valence-electron chi connectivity index (χ0n) is 24.3. The standard InChI is InChI=1S/C30H34F7N5O2/c1-17-11-21(31)3-5-24(17)25-15-22(40-9-10-41-23(16-40)4-6-26(41)43)7-8-42(25)28(44)39(2)27(38)18-12-19(29(32,33)34)14-20(13-18)30(35,36)37/h3,5,11-14,22-23,25,27H,4,6-10,15-16,38H2,1-2H3/t22-,23-,25+,27-/m0/s1. The molecule has 0 unspecified atom stereocenters. The molecule has 0 aliphatic carbocycles. The van der Waals surface area contributed by atoms with Gasteiger partial charge < -0.3 is 20.4 Å². The molecule has 3 aliphatic rings. The van der Waals surface area contributed by atoms with Crippen molar-refractivity contribution in [2.45, 2.75) is 69.3 Å². The Morgan fingerprint density at radius 2 is 1.61 bits per heavy atom. The van der Waals surface area contributed by atoms with Crippen molar-refractivity contribution >= 4 is 11.9 Å². The fourth-order valence-electron chi connectivity index (χ4n) is 6.73. The molecule has 0 radical (unpaired) electrons. The van der Waals surface area contributed by atoms with Crippen molar-refractivity contribution < 1.29 is 40.3 Å². The van der Waals surface area contributed by atoms with Crippen molar-refractivity contribution in [2.24, 2.45) is 5.73 Å². The minimum absolute atomic E-state index is 0.0114. The van der Waals surface area contributed by atoms with Crippen LogP contribution in [0, 0.1) is 12.7 Å². The molecule has 3 aliphatic heterocycles. The Labute approximate surface area is 250 Å². The highest BCUT2D eigenvalue weighted by atomic mass is 19.4. The van der Waals surface area contributed by atoms with E-state index in [1.807, 2.05) is 4.90 Å². The zero-order chi connectivity index (χ0) is 32.1. The second kappa shape index (κ2) is 11.8. The third kappa shape index (κ3) is 6.37. The van der Waals surface area contributed by atoms with Gasteiger partial charge in [-0.15, -0.1) is 0 Å². The summed E-state index contributed by atoms with van der Waals surface area (Å²) in [6, 6.07) is 4.19. The summed E-state index contributed by atoms with van der Waals surface area (Å²) in [5, 5.41) is 0. The summed E-state index contributed by atoms with van der Waals surface area (Å²) in [7, 11) is 1.23. The summed E-state index contributed by atoms with van der Waals surface area (Å²) in [4.78, 5) is 32.7. The van der Waals surface area contributed by atoms with Crippen LogP contribution in [0.25, 0.3) is 0 Å². The van der Waals surface area contributed by atoms with Gasteiger partial charge >= 0.3 is 18.4 Å². The Morgan fingerprint density at radius 3 is 2.23 bits per heavy atom. The molecule has 3 amide bonds. The lowest BCUT2D eigenvalue weighted by Gasteiger charge is -2.48. The molecular formula is C30H34F7N5O2. The number of piperazine rings is 1. The second-order valence-electron chi connectivity index (χ2n) is 11.8. The number of nitrogens with zero attached hydrogens (tertiary/aromatic N) is 4. The number of aryl methyl sites for hydroxylation is 1. The molecule has 3 fully saturated rings. The van der Waals surface area contributed by atoms with Gasteiger partial charge in [-0.25, -0.2) is 9.18 Å². The lowest BCUT2D eigenvalue weighted by atomic mass is 9.88. The molecule has 2 N–H and O–H groups in total. The minimum atomic E-state index is -5.07. The molecule has 2 aromatic carbocycles. The first kappa shape index (κ1) is 32.0. The van der Waals surface area contributed by atoms with E-state index in [2.05, 4.69) is 4.90 Å². The first-order chi connectivity index (χ1) is 20.5. The number of nitrogens with two attached hydrogens (primary N) is 1. The number of hydrogen-bond donors (Lipinski definition) is 1. The van der Waals surface area contributed by atoms with Gasteiger partial charge in [-0.05, 0) is 73.2 Å². The van der Waals surface area contributed by atoms with E-state index in [1.54, 1.807) is 13.0 Å². The fraction of sp³-hybridized carbons (Fsp3) is 0.533. The van der Waals surface area contributed by atoms with Crippen LogP contribution in [0.15, 0.2) is 36.4 Å². The van der Waals surface area contributed by atoms with Crippen LogP contribution < -0.4 is 5.73 Å². The lowest BCUT2D eigenvalue weighted by molar-refractivity contribution is -0.143. The van der Waals surface area contributed by atoms with Crippen molar-refractivity contribution in [1.82, 2.24) is 19.6 Å². The number of rotatable bonds is 4. The maximum atomic E-state index is 14.0. The zero-order valence-corrected chi connectivity index (χ0v) is 24.3. The van der Waals surface area contributed by atoms with Crippen LogP contribution in [0.3, 0.4) is 0 Å². The van der Waals surface area contributed by atoms with E-state index in [0.717, 1.165) is 11.3 Å². The fourth-order valence-corrected chi connectivity index (χ4v) is 6.73. The third-order valence-corrected chi connectivity index (χ3v) is 9.12. The van der Waals surface area contributed by atoms with Crippen LogP contribution in [-0.4, -0.2) is 76.8 Å². The molecule has 0 bridgehead atoms. The monoisotopic (exact) mass is 629 g/mol. The van der Waals surface area contributed by atoms with Gasteiger partial charge in [-0.1, -0.05) is 6.07 Å². The SMILES string of the molecule is Cc1cc(F)ccc1[C@H]1C[C@@H](N2CCN3C(=O)CC[C@H]3C2)CCN1C(=O)N(C)[C@H](N)c1cc(C(F)(F)F)cc(C(F)(F)F)c1. The largest absolute Gasteiger partial charge is 0.416 e. The number of alkyl halides is 6. The molecule has 4 atom stereocenters. The lowest BCUT2D eigenvalue weighted by Crippen LogP contribution is -2.58. The number of hydrogen-bond acceptors (Lipinski definition) is 4. The predicted octanol–water partition coefficient (Wildman–Crippen LogP) is 5.69. The number of fused-ring (bicyclic) bond motifs is 1. The second-order valence-corrected chi connectivity index (χ2v) is 11.8. The van der Waals surface area contributed by atoms with E-state index >= 15 is 0 Å². The average Bonchev–Trinajstić information content (AvgIpc) is 3.34. The third-order valence-electron chi connectivity index (χ3n) is 9.12. The maximum Gasteiger partial charge on any atom is 0.416 e. The van der Waals surface area contributed by atoms with E-state index < -0.39 is 53.1 Å². The number of amides is 3. The quantitative estimate of drug-likeness (QED) is 0.349. The van der Waals surface area contributed by atoms with E-state index in [4.69, 9.17) is 5.73 Å². The molecule has 0 saturated carbocycles. The number of urea groups is 1. The number of carbonyl (C=O) groups excluding carboxylic acids is 2. The Balaban J connectivity index is 1.42. The molecular weight excluding hydrogens is 595 g/mol. The summed E-state index contributed by atoms with van der Waals surface area (Å²) in [5.41, 5.74) is 3.87. The Morgan fingerprint density at radius 1 is 0.955 bits per heavy atom. The van der Waals surface area contributed by atoms with E-state index in [-0.39, 0.29) is 30.6 Å². The van der Waals surface area contributed by atoms with Gasteiger partial charge in [-0.2, -0.15) is 26.3 Å². The van der Waals surface area contributed by atoms with Crippen molar-refractivity contribution in [3.8, 4) is 0 Å². The van der Waals surface area contributed by atoms with Crippen molar-refractivity contribution in [1.29, 1.82) is 0 Å². The summed E-state index contributed by atoms with van der Waals surface area (Å²) < 4.78 is 95.0. The summed E-state index contributed by atoms with van der Waals surface area (Å²) in [5.74, 6) is -0.306. The average molecular weight is 630 g/mol. The van der Waals surface area contributed by atoms with Crippen LogP contribution in [0.2, 0.25) is 0 Å². The normalized spacial score (nSPS) is 24.0. The van der Waals surface area contributed by atoms with Gasteiger partial charge in [0.1, 0.15) is 12.0 Å². The van der Waals surface area contributed by atoms with Gasteiger partial charge in [0.25, 0.3) is 0 Å². The van der Waals surface area contributed by atoms with Gasteiger partial charge in [-0.3, -0.25) is 9.69 Å². The van der Waals surface area contributed by atoms with Gasteiger partial charge in [0.15, 0.2) is 0 Å². The number of carbonyl (C=O) groups is 2. The Kier molecular flexibility index (Phi) is 8.62. The highest BCUT2D eigenvalue weighted by Gasteiger charge is 2.43. The van der Waals surface area contributed by atoms with Crippen molar-refractivity contribution in [2.75, 3.05) is 33.2 Å². The van der Waals surface area contributed by atoms with Gasteiger partial charge in [0.2, 0.25) is 5.91 Å². The summed E-state index contributed by atoms with van der Waals surface area (Å²) in [6.07, 6.45) is -9.44. The van der Waals surface area contributed by atoms with E-state index in [1.165, 1.54) is 24.1 Å². The van der Waals surface area contributed by atoms with Crippen LogP contribution in [0.1, 0.15) is 65.7 Å². The molecule has 0 aromatic heterocycles. The molecule has 240 valence electrons. The smallest absolute Gasteiger partial charge is 0.337 e. The van der Waals surface area contributed by atoms with E-state index in [9.17, 15) is 40.3 Å². The molecule has 44 heavy (non-hydrogen) atoms. The van der Waals surface area contributed by atoms with Crippen molar-refractivity contribution in [3.63, 3.8) is 0 Å². The predicted molar refractivity (Wildman–Crippen MR) is 146 cm³/mol. The molecule has 0 spiro atoms. The number of halogens is 7. The van der Waals surface area contributed by atoms with Crippen molar-refractivity contribution in [3.05, 3.63) is 70.0 Å². The molecule has 2 aromatic rings. The van der Waals surface area contributed by atoms with Crippen LogP contribution >= 0.6 is 0 Å². The van der Waals surface area contributed by atoms with Gasteiger partial charge in [0.05, 0.1) is 17.2 Å². The first-order valence-corrected chi connectivity index (χ1v) is 14.4. The molecule has 5 rings (SSSR count). The maximum absolute atomic E-state index is 14.0. The Hall–Kier alpha value is -3.39. The van der Waals surface area contributed by atoms with Crippen LogP contribution in [0.4, 0.5) is 35.5 Å². The van der Waals surface area contributed by atoms with Crippen LogP contribution in [0.5, 0.6) is 0 Å². The topological polar surface area (TPSA) is 73.1 Å². The molecule has 14 heteroatoms. The highest BCUT2D eigenvalue weighted by Crippen LogP contribution is 2.40. The van der Waals surface area contributed by atoms with E-state index in [0.29, 0.717) is 62.2 Å². The highest BCUT2D eigenvalue weighted by molar-refractivity contribution is 5.79. The summed E-state index contributed by atoms with van der Waals surface area (Å²) >= 11 is 0.